The van der Waals surface area contributed by atoms with Gasteiger partial charge in [-0.15, -0.1) is 0 Å². The van der Waals surface area contributed by atoms with Gasteiger partial charge in [0.25, 0.3) is 0 Å². The van der Waals surface area contributed by atoms with Crippen LogP contribution in [-0.4, -0.2) is 25.5 Å². The van der Waals surface area contributed by atoms with E-state index in [9.17, 15) is 0 Å². The molecule has 102 valence electrons. The molecule has 0 aliphatic carbocycles. The standard InChI is InChI=1S/C15H25BrN2/c1-11-6-7-12(16)8-13(11)14(18(4)5)9-15(2,3)10-17/h6-8,14H,9-10,17H2,1-5H3. The van der Waals surface area contributed by atoms with Gasteiger partial charge < -0.3 is 10.6 Å². The Bertz CT molecular complexity index is 399. The Morgan fingerprint density at radius 2 is 1.94 bits per heavy atom. The summed E-state index contributed by atoms with van der Waals surface area (Å²) < 4.78 is 1.14. The zero-order valence-corrected chi connectivity index (χ0v) is 13.7. The maximum Gasteiger partial charge on any atom is 0.0350 e. The fourth-order valence-corrected chi connectivity index (χ4v) is 2.53. The van der Waals surface area contributed by atoms with Gasteiger partial charge in [0.1, 0.15) is 0 Å². The molecule has 0 aliphatic heterocycles. The lowest BCUT2D eigenvalue weighted by atomic mass is 9.82. The van der Waals surface area contributed by atoms with E-state index in [1.54, 1.807) is 0 Å². The fourth-order valence-electron chi connectivity index (χ4n) is 2.15. The van der Waals surface area contributed by atoms with E-state index in [0.717, 1.165) is 10.9 Å². The van der Waals surface area contributed by atoms with Crippen LogP contribution in [0.2, 0.25) is 0 Å². The van der Waals surface area contributed by atoms with Crippen LogP contribution in [0.3, 0.4) is 0 Å². The minimum Gasteiger partial charge on any atom is -0.330 e. The van der Waals surface area contributed by atoms with E-state index in [-0.39, 0.29) is 5.41 Å². The van der Waals surface area contributed by atoms with Gasteiger partial charge in [0.15, 0.2) is 0 Å². The molecule has 0 amide bonds. The summed E-state index contributed by atoms with van der Waals surface area (Å²) in [7, 11) is 4.27. The molecule has 1 rings (SSSR count). The van der Waals surface area contributed by atoms with Crippen molar-refractivity contribution in [3.63, 3.8) is 0 Å². The SMILES string of the molecule is Cc1ccc(Br)cc1C(CC(C)(C)CN)N(C)C. The summed E-state index contributed by atoms with van der Waals surface area (Å²) in [5.41, 5.74) is 8.75. The lowest BCUT2D eigenvalue weighted by Crippen LogP contribution is -2.31. The van der Waals surface area contributed by atoms with Gasteiger partial charge in [-0.2, -0.15) is 0 Å². The molecule has 0 radical (unpaired) electrons. The number of hydrogen-bond acceptors (Lipinski definition) is 2. The largest absolute Gasteiger partial charge is 0.330 e. The third kappa shape index (κ3) is 4.08. The molecule has 1 aromatic rings. The molecule has 0 aromatic heterocycles. The molecule has 0 aliphatic rings. The van der Waals surface area contributed by atoms with Crippen LogP contribution < -0.4 is 5.73 Å². The lowest BCUT2D eigenvalue weighted by molar-refractivity contribution is 0.202. The van der Waals surface area contributed by atoms with Gasteiger partial charge in [0, 0.05) is 10.5 Å². The van der Waals surface area contributed by atoms with E-state index >= 15 is 0 Å². The molecule has 0 heterocycles. The first-order valence-corrected chi connectivity index (χ1v) is 7.18. The minimum atomic E-state index is 0.156. The van der Waals surface area contributed by atoms with Gasteiger partial charge in [-0.05, 0) is 62.7 Å². The first-order valence-electron chi connectivity index (χ1n) is 6.39. The molecule has 3 heteroatoms. The number of nitrogens with two attached hydrogens (primary N) is 1. The van der Waals surface area contributed by atoms with E-state index in [1.807, 2.05) is 0 Å². The summed E-state index contributed by atoms with van der Waals surface area (Å²) in [6.07, 6.45) is 1.06. The fraction of sp³-hybridized carbons (Fsp3) is 0.600. The molecule has 0 fully saturated rings. The number of aryl methyl sites for hydroxylation is 1. The second-order valence-corrected chi connectivity index (χ2v) is 6.97. The number of nitrogens with zero attached hydrogens (tertiary/aromatic N) is 1. The van der Waals surface area contributed by atoms with E-state index in [0.29, 0.717) is 12.6 Å². The molecular formula is C15H25BrN2. The molecule has 18 heavy (non-hydrogen) atoms. The maximum absolute atomic E-state index is 5.87. The van der Waals surface area contributed by atoms with Crippen LogP contribution in [0.5, 0.6) is 0 Å². The van der Waals surface area contributed by atoms with Gasteiger partial charge in [-0.1, -0.05) is 35.8 Å². The van der Waals surface area contributed by atoms with Crippen LogP contribution >= 0.6 is 15.9 Å². The van der Waals surface area contributed by atoms with Crippen molar-refractivity contribution in [3.05, 3.63) is 33.8 Å². The van der Waals surface area contributed by atoms with Crippen LogP contribution in [0, 0.1) is 12.3 Å². The predicted octanol–water partition coefficient (Wildman–Crippen LogP) is 3.74. The average Bonchev–Trinajstić information content (AvgIpc) is 2.29. The average molecular weight is 313 g/mol. The molecule has 2 N–H and O–H groups in total. The summed E-state index contributed by atoms with van der Waals surface area (Å²) in [6, 6.07) is 6.90. The topological polar surface area (TPSA) is 29.3 Å². The molecule has 1 atom stereocenters. The van der Waals surface area contributed by atoms with Gasteiger partial charge in [0.05, 0.1) is 0 Å². The van der Waals surface area contributed by atoms with Crippen molar-refractivity contribution >= 4 is 15.9 Å². The Kier molecular flexibility index (Phi) is 5.38. The first kappa shape index (κ1) is 15.7. The highest BCUT2D eigenvalue weighted by atomic mass is 79.9. The summed E-state index contributed by atoms with van der Waals surface area (Å²) in [5.74, 6) is 0. The van der Waals surface area contributed by atoms with Gasteiger partial charge in [-0.3, -0.25) is 0 Å². The Morgan fingerprint density at radius 3 is 2.44 bits per heavy atom. The van der Waals surface area contributed by atoms with Crippen molar-refractivity contribution in [1.82, 2.24) is 4.90 Å². The molecule has 0 spiro atoms. The van der Waals surface area contributed by atoms with E-state index < -0.39 is 0 Å². The zero-order valence-electron chi connectivity index (χ0n) is 12.1. The Hall–Kier alpha value is -0.380. The summed E-state index contributed by atoms with van der Waals surface area (Å²) >= 11 is 3.57. The number of benzene rings is 1. The van der Waals surface area contributed by atoms with Crippen molar-refractivity contribution in [3.8, 4) is 0 Å². The Labute approximate surface area is 120 Å². The smallest absolute Gasteiger partial charge is 0.0350 e. The number of halogens is 1. The van der Waals surface area contributed by atoms with Crippen LogP contribution in [0.25, 0.3) is 0 Å². The molecule has 0 saturated heterocycles. The normalized spacial score (nSPS) is 14.0. The second kappa shape index (κ2) is 6.18. The Balaban J connectivity index is 3.09. The lowest BCUT2D eigenvalue weighted by Gasteiger charge is -2.33. The summed E-state index contributed by atoms with van der Waals surface area (Å²) in [5, 5.41) is 0. The van der Waals surface area contributed by atoms with E-state index in [1.165, 1.54) is 11.1 Å². The van der Waals surface area contributed by atoms with Crippen molar-refractivity contribution in [1.29, 1.82) is 0 Å². The predicted molar refractivity (Wildman–Crippen MR) is 82.8 cm³/mol. The van der Waals surface area contributed by atoms with Crippen molar-refractivity contribution in [2.75, 3.05) is 20.6 Å². The summed E-state index contributed by atoms with van der Waals surface area (Å²) in [4.78, 5) is 2.28. The van der Waals surface area contributed by atoms with Crippen molar-refractivity contribution in [2.24, 2.45) is 11.1 Å². The highest BCUT2D eigenvalue weighted by Crippen LogP contribution is 2.34. The third-order valence-corrected chi connectivity index (χ3v) is 4.02. The van der Waals surface area contributed by atoms with Crippen molar-refractivity contribution in [2.45, 2.75) is 33.2 Å². The molecular weight excluding hydrogens is 288 g/mol. The van der Waals surface area contributed by atoms with Gasteiger partial charge >= 0.3 is 0 Å². The highest BCUT2D eigenvalue weighted by Gasteiger charge is 2.25. The van der Waals surface area contributed by atoms with Gasteiger partial charge in [-0.25, -0.2) is 0 Å². The molecule has 0 bridgehead atoms. The summed E-state index contributed by atoms with van der Waals surface area (Å²) in [6.45, 7) is 7.35. The zero-order chi connectivity index (χ0) is 13.9. The van der Waals surface area contributed by atoms with E-state index in [2.05, 4.69) is 73.9 Å². The van der Waals surface area contributed by atoms with Crippen LogP contribution in [-0.2, 0) is 0 Å². The molecule has 1 aromatic carbocycles. The molecule has 1 unspecified atom stereocenters. The molecule has 2 nitrogen and oxygen atoms in total. The third-order valence-electron chi connectivity index (χ3n) is 3.52. The van der Waals surface area contributed by atoms with E-state index in [4.69, 9.17) is 5.73 Å². The molecule has 0 saturated carbocycles. The van der Waals surface area contributed by atoms with Crippen LogP contribution in [0.4, 0.5) is 0 Å². The quantitative estimate of drug-likeness (QED) is 0.897. The van der Waals surface area contributed by atoms with Crippen LogP contribution in [0.1, 0.15) is 37.4 Å². The number of hydrogen-bond donors (Lipinski definition) is 1. The minimum absolute atomic E-state index is 0.156. The van der Waals surface area contributed by atoms with Crippen molar-refractivity contribution < 1.29 is 0 Å². The highest BCUT2D eigenvalue weighted by molar-refractivity contribution is 9.10. The van der Waals surface area contributed by atoms with Gasteiger partial charge in [0.2, 0.25) is 0 Å². The van der Waals surface area contributed by atoms with Crippen LogP contribution in [0.15, 0.2) is 22.7 Å². The maximum atomic E-state index is 5.87. The second-order valence-electron chi connectivity index (χ2n) is 6.05. The number of rotatable bonds is 5. The monoisotopic (exact) mass is 312 g/mol. The Morgan fingerprint density at radius 1 is 1.33 bits per heavy atom. The first-order chi connectivity index (χ1) is 8.26.